The Balaban J connectivity index is 0.00000361. The molecule has 4 aromatic carbocycles. The SMILES string of the molecule is Cc1ccc(S(=O)(=O)N[C@@H](c2ccccc2)[C@@H](NCCCc2ccccc2)c2ccccc2)cc1.[Ru+2]. The Morgan fingerprint density at radius 2 is 1.17 bits per heavy atom. The van der Waals surface area contributed by atoms with E-state index in [-0.39, 0.29) is 30.4 Å². The molecule has 4 aromatic rings. The maximum atomic E-state index is 13.4. The number of sulfonamides is 1. The molecule has 0 heterocycles. The van der Waals surface area contributed by atoms with Crippen molar-refractivity contribution in [2.24, 2.45) is 0 Å². The maximum absolute atomic E-state index is 13.4. The first-order chi connectivity index (χ1) is 17.0. The zero-order valence-corrected chi connectivity index (χ0v) is 22.9. The Morgan fingerprint density at radius 1 is 0.667 bits per heavy atom. The maximum Gasteiger partial charge on any atom is 2.00 e. The molecule has 0 amide bonds. The second-order valence-electron chi connectivity index (χ2n) is 8.75. The van der Waals surface area contributed by atoms with Crippen LogP contribution in [0.2, 0.25) is 0 Å². The topological polar surface area (TPSA) is 58.2 Å². The van der Waals surface area contributed by atoms with Gasteiger partial charge < -0.3 is 5.32 Å². The summed E-state index contributed by atoms with van der Waals surface area (Å²) in [5, 5.41) is 3.66. The third-order valence-electron chi connectivity index (χ3n) is 6.11. The van der Waals surface area contributed by atoms with Crippen molar-refractivity contribution in [1.29, 1.82) is 0 Å². The summed E-state index contributed by atoms with van der Waals surface area (Å²) in [6.07, 6.45) is 1.90. The molecule has 2 N–H and O–H groups in total. The van der Waals surface area contributed by atoms with E-state index in [4.69, 9.17) is 0 Å². The standard InChI is InChI=1S/C30H32N2O2S.Ru/c1-24-19-21-28(22-20-24)35(33,34)32-30(27-17-9-4-10-18-27)29(26-15-7-3-8-16-26)31-23-11-14-25-12-5-2-6-13-25;/h2-10,12-13,15-22,29-32H,11,14,23H2,1H3;/q;+2/t29-,30-;/m0./s1. The Kier molecular flexibility index (Phi) is 10.6. The average Bonchev–Trinajstić information content (AvgIpc) is 2.89. The minimum Gasteiger partial charge on any atom is -0.308 e. The molecule has 0 unspecified atom stereocenters. The molecule has 6 heteroatoms. The zero-order chi connectivity index (χ0) is 24.5. The minimum atomic E-state index is -3.74. The largest absolute Gasteiger partial charge is 2.00 e. The molecule has 4 rings (SSSR count). The van der Waals surface area contributed by atoms with Gasteiger partial charge in [0.2, 0.25) is 10.0 Å². The second-order valence-corrected chi connectivity index (χ2v) is 10.5. The van der Waals surface area contributed by atoms with Gasteiger partial charge in [0, 0.05) is 0 Å². The molecule has 0 aromatic heterocycles. The van der Waals surface area contributed by atoms with Crippen LogP contribution in [-0.4, -0.2) is 15.0 Å². The molecule has 0 radical (unpaired) electrons. The number of hydrogen-bond acceptors (Lipinski definition) is 3. The zero-order valence-electron chi connectivity index (χ0n) is 20.3. The monoisotopic (exact) mass is 586 g/mol. The number of nitrogens with one attached hydrogen (secondary N) is 2. The van der Waals surface area contributed by atoms with Gasteiger partial charge in [-0.1, -0.05) is 109 Å². The molecule has 0 spiro atoms. The van der Waals surface area contributed by atoms with Gasteiger partial charge in [0.05, 0.1) is 17.0 Å². The number of hydrogen-bond donors (Lipinski definition) is 2. The smallest absolute Gasteiger partial charge is 0.308 e. The van der Waals surface area contributed by atoms with E-state index in [0.29, 0.717) is 0 Å². The molecule has 0 saturated carbocycles. The predicted octanol–water partition coefficient (Wildman–Crippen LogP) is 5.98. The van der Waals surface area contributed by atoms with Crippen molar-refractivity contribution in [2.75, 3.05) is 6.54 Å². The molecule has 0 bridgehead atoms. The van der Waals surface area contributed by atoms with E-state index < -0.39 is 16.1 Å². The quantitative estimate of drug-likeness (QED) is 0.168. The molecule has 2 atom stereocenters. The first-order valence-corrected chi connectivity index (χ1v) is 13.5. The van der Waals surface area contributed by atoms with Crippen molar-refractivity contribution < 1.29 is 27.9 Å². The second kappa shape index (κ2) is 13.6. The fraction of sp³-hybridized carbons (Fsp3) is 0.200. The number of aryl methyl sites for hydroxylation is 2. The van der Waals surface area contributed by atoms with E-state index >= 15 is 0 Å². The van der Waals surface area contributed by atoms with E-state index in [1.165, 1.54) is 5.56 Å². The predicted molar refractivity (Wildman–Crippen MR) is 143 cm³/mol. The van der Waals surface area contributed by atoms with Gasteiger partial charge >= 0.3 is 19.5 Å². The summed E-state index contributed by atoms with van der Waals surface area (Å²) < 4.78 is 29.9. The van der Waals surface area contributed by atoms with Crippen molar-refractivity contribution in [2.45, 2.75) is 36.7 Å². The summed E-state index contributed by atoms with van der Waals surface area (Å²) >= 11 is 0. The Morgan fingerprint density at radius 3 is 1.72 bits per heavy atom. The number of benzene rings is 4. The Hall–Kier alpha value is -2.63. The van der Waals surface area contributed by atoms with Crippen molar-refractivity contribution in [1.82, 2.24) is 10.0 Å². The molecule has 0 saturated heterocycles. The molecule has 0 aliphatic rings. The summed E-state index contributed by atoms with van der Waals surface area (Å²) in [7, 11) is -3.74. The van der Waals surface area contributed by atoms with E-state index in [2.05, 4.69) is 34.3 Å². The average molecular weight is 586 g/mol. The Labute approximate surface area is 228 Å². The van der Waals surface area contributed by atoms with Crippen LogP contribution in [-0.2, 0) is 35.9 Å². The molecule has 4 nitrogen and oxygen atoms in total. The van der Waals surface area contributed by atoms with Gasteiger partial charge in [-0.2, -0.15) is 0 Å². The third-order valence-corrected chi connectivity index (χ3v) is 7.57. The van der Waals surface area contributed by atoms with Crippen LogP contribution in [0.15, 0.2) is 120 Å². The van der Waals surface area contributed by atoms with E-state index in [0.717, 1.165) is 36.1 Å². The van der Waals surface area contributed by atoms with Gasteiger partial charge in [-0.15, -0.1) is 0 Å². The molecule has 36 heavy (non-hydrogen) atoms. The Bertz CT molecular complexity index is 1280. The summed E-state index contributed by atoms with van der Waals surface area (Å²) in [5.74, 6) is 0. The number of rotatable bonds is 11. The summed E-state index contributed by atoms with van der Waals surface area (Å²) in [6, 6.07) is 36.5. The van der Waals surface area contributed by atoms with Gasteiger partial charge in [-0.05, 0) is 55.1 Å². The van der Waals surface area contributed by atoms with Crippen LogP contribution in [0, 0.1) is 6.92 Å². The minimum absolute atomic E-state index is 0. The molecule has 0 aliphatic carbocycles. The molecule has 0 fully saturated rings. The van der Waals surface area contributed by atoms with Crippen molar-refractivity contribution in [3.05, 3.63) is 138 Å². The van der Waals surface area contributed by atoms with Crippen molar-refractivity contribution in [3.8, 4) is 0 Å². The van der Waals surface area contributed by atoms with Crippen molar-refractivity contribution >= 4 is 10.0 Å². The van der Waals surface area contributed by atoms with Gasteiger partial charge in [-0.25, -0.2) is 13.1 Å². The van der Waals surface area contributed by atoms with Gasteiger partial charge in [0.25, 0.3) is 0 Å². The first kappa shape index (κ1) is 28.0. The van der Waals surface area contributed by atoms with Crippen LogP contribution >= 0.6 is 0 Å². The summed E-state index contributed by atoms with van der Waals surface area (Å²) in [6.45, 7) is 2.70. The molecule has 0 aliphatic heterocycles. The van der Waals surface area contributed by atoms with Crippen LogP contribution in [0.25, 0.3) is 0 Å². The van der Waals surface area contributed by atoms with Crippen LogP contribution in [0.3, 0.4) is 0 Å². The molecular formula is C30H32N2O2RuS+2. The fourth-order valence-electron chi connectivity index (χ4n) is 4.22. The van der Waals surface area contributed by atoms with Gasteiger partial charge in [0.15, 0.2) is 0 Å². The van der Waals surface area contributed by atoms with E-state index in [1.807, 2.05) is 85.8 Å². The fourth-order valence-corrected chi connectivity index (χ4v) is 5.46. The third kappa shape index (κ3) is 7.68. The normalized spacial score (nSPS) is 12.9. The molecular weight excluding hydrogens is 553 g/mol. The molecule has 186 valence electrons. The van der Waals surface area contributed by atoms with E-state index in [9.17, 15) is 8.42 Å². The van der Waals surface area contributed by atoms with E-state index in [1.54, 1.807) is 12.1 Å². The van der Waals surface area contributed by atoms with Crippen LogP contribution in [0.5, 0.6) is 0 Å². The summed E-state index contributed by atoms with van der Waals surface area (Å²) in [5.41, 5.74) is 4.26. The first-order valence-electron chi connectivity index (χ1n) is 12.0. The van der Waals surface area contributed by atoms with Crippen LogP contribution in [0.4, 0.5) is 0 Å². The summed E-state index contributed by atoms with van der Waals surface area (Å²) in [4.78, 5) is 0.264. The van der Waals surface area contributed by atoms with Gasteiger partial charge in [-0.3, -0.25) is 0 Å². The van der Waals surface area contributed by atoms with Gasteiger partial charge in [0.1, 0.15) is 0 Å². The van der Waals surface area contributed by atoms with Crippen LogP contribution in [0.1, 0.15) is 40.8 Å². The van der Waals surface area contributed by atoms with Crippen molar-refractivity contribution in [3.63, 3.8) is 0 Å². The van der Waals surface area contributed by atoms with Crippen LogP contribution < -0.4 is 10.0 Å².